The molecule has 0 saturated carbocycles. The van der Waals surface area contributed by atoms with Gasteiger partial charge in [0.15, 0.2) is 0 Å². The highest BCUT2D eigenvalue weighted by atomic mass is 16.5. The molecule has 1 fully saturated rings. The van der Waals surface area contributed by atoms with E-state index in [4.69, 9.17) is 16.2 Å². The van der Waals surface area contributed by atoms with Gasteiger partial charge >= 0.3 is 0 Å². The fraction of sp³-hybridized carbons (Fsp3) is 0.900. The minimum absolute atomic E-state index is 0.458. The van der Waals surface area contributed by atoms with Crippen LogP contribution in [-0.4, -0.2) is 49.2 Å². The van der Waals surface area contributed by atoms with Gasteiger partial charge in [-0.1, -0.05) is 6.92 Å². The van der Waals surface area contributed by atoms with Crippen LogP contribution in [-0.2, 0) is 9.53 Å². The van der Waals surface area contributed by atoms with E-state index >= 15 is 0 Å². The molecule has 1 saturated heterocycles. The summed E-state index contributed by atoms with van der Waals surface area (Å²) in [5, 5.41) is 0. The van der Waals surface area contributed by atoms with E-state index in [1.54, 1.807) is 6.92 Å². The number of carbonyl (C=O) groups excluding carboxylic acids is 1. The third-order valence-corrected chi connectivity index (χ3v) is 2.64. The molecule has 1 aliphatic rings. The number of ether oxygens (including phenoxy) is 1. The van der Waals surface area contributed by atoms with Gasteiger partial charge in [-0.2, -0.15) is 0 Å². The number of hydrogen-bond donors (Lipinski definition) is 2. The topological polar surface area (TPSA) is 81.6 Å². The lowest BCUT2D eigenvalue weighted by Gasteiger charge is -2.29. The van der Waals surface area contributed by atoms with Gasteiger partial charge in [0, 0.05) is 19.6 Å². The van der Waals surface area contributed by atoms with Crippen molar-refractivity contribution in [3.8, 4) is 0 Å². The monoisotopic (exact) mass is 215 g/mol. The second-order valence-electron chi connectivity index (χ2n) is 4.70. The van der Waals surface area contributed by atoms with Crippen molar-refractivity contribution in [1.29, 1.82) is 0 Å². The summed E-state index contributed by atoms with van der Waals surface area (Å²) in [6.45, 7) is 7.47. The molecule has 0 spiro atoms. The molecule has 1 amide bonds. The Labute approximate surface area is 90.7 Å². The Kier molecular flexibility index (Phi) is 4.07. The van der Waals surface area contributed by atoms with Gasteiger partial charge in [0.2, 0.25) is 5.91 Å². The Balaban J connectivity index is 2.52. The molecule has 15 heavy (non-hydrogen) atoms. The van der Waals surface area contributed by atoms with E-state index in [2.05, 4.69) is 11.8 Å². The van der Waals surface area contributed by atoms with E-state index in [0.717, 1.165) is 19.7 Å². The Morgan fingerprint density at radius 1 is 1.67 bits per heavy atom. The quantitative estimate of drug-likeness (QED) is 0.643. The van der Waals surface area contributed by atoms with Crippen LogP contribution in [0.1, 0.15) is 13.8 Å². The van der Waals surface area contributed by atoms with E-state index in [1.165, 1.54) is 0 Å². The summed E-state index contributed by atoms with van der Waals surface area (Å²) in [5.41, 5.74) is 10.1. The second-order valence-corrected chi connectivity index (χ2v) is 4.70. The van der Waals surface area contributed by atoms with Crippen LogP contribution in [0.15, 0.2) is 0 Å². The SMILES string of the molecule is CC1COCCN(CC(C)(N)C(N)=O)C1. The van der Waals surface area contributed by atoms with Crippen molar-refractivity contribution < 1.29 is 9.53 Å². The largest absolute Gasteiger partial charge is 0.380 e. The molecule has 0 bridgehead atoms. The molecule has 5 heteroatoms. The first-order valence-corrected chi connectivity index (χ1v) is 5.30. The molecule has 0 radical (unpaired) electrons. The van der Waals surface area contributed by atoms with E-state index in [1.807, 2.05) is 0 Å². The summed E-state index contributed by atoms with van der Waals surface area (Å²) < 4.78 is 5.41. The third kappa shape index (κ3) is 3.77. The Morgan fingerprint density at radius 2 is 2.33 bits per heavy atom. The molecule has 88 valence electrons. The van der Waals surface area contributed by atoms with Crippen molar-refractivity contribution >= 4 is 5.91 Å². The maximum Gasteiger partial charge on any atom is 0.238 e. The smallest absolute Gasteiger partial charge is 0.238 e. The van der Waals surface area contributed by atoms with E-state index in [0.29, 0.717) is 19.1 Å². The average molecular weight is 215 g/mol. The van der Waals surface area contributed by atoms with Crippen LogP contribution in [0.2, 0.25) is 0 Å². The van der Waals surface area contributed by atoms with Crippen LogP contribution in [0.4, 0.5) is 0 Å². The number of carbonyl (C=O) groups is 1. The molecule has 1 rings (SSSR count). The Morgan fingerprint density at radius 3 is 2.93 bits per heavy atom. The number of hydrogen-bond acceptors (Lipinski definition) is 4. The van der Waals surface area contributed by atoms with Crippen molar-refractivity contribution in [2.45, 2.75) is 19.4 Å². The zero-order valence-corrected chi connectivity index (χ0v) is 9.53. The van der Waals surface area contributed by atoms with Crippen molar-refractivity contribution in [2.24, 2.45) is 17.4 Å². The molecule has 0 aromatic rings. The molecule has 0 aromatic carbocycles. The van der Waals surface area contributed by atoms with Gasteiger partial charge in [0.25, 0.3) is 0 Å². The normalized spacial score (nSPS) is 28.1. The fourth-order valence-electron chi connectivity index (χ4n) is 1.75. The minimum atomic E-state index is -0.954. The lowest BCUT2D eigenvalue weighted by molar-refractivity contribution is -0.123. The predicted molar refractivity (Wildman–Crippen MR) is 58.2 cm³/mol. The summed E-state index contributed by atoms with van der Waals surface area (Å²) in [5.74, 6) is 0.0106. The van der Waals surface area contributed by atoms with Gasteiger partial charge in [-0.05, 0) is 12.8 Å². The molecule has 1 heterocycles. The molecule has 2 atom stereocenters. The summed E-state index contributed by atoms with van der Waals surface area (Å²) in [4.78, 5) is 13.2. The van der Waals surface area contributed by atoms with E-state index in [9.17, 15) is 4.79 Å². The lowest BCUT2D eigenvalue weighted by Crippen LogP contribution is -2.57. The first-order chi connectivity index (χ1) is 6.92. The number of amides is 1. The molecular weight excluding hydrogens is 194 g/mol. The van der Waals surface area contributed by atoms with E-state index < -0.39 is 11.4 Å². The maximum absolute atomic E-state index is 11.1. The number of nitrogens with two attached hydrogens (primary N) is 2. The van der Waals surface area contributed by atoms with Gasteiger partial charge in [0.1, 0.15) is 5.54 Å². The molecule has 4 N–H and O–H groups in total. The number of nitrogens with zero attached hydrogens (tertiary/aromatic N) is 1. The maximum atomic E-state index is 11.1. The zero-order valence-electron chi connectivity index (χ0n) is 9.53. The Bertz CT molecular complexity index is 231. The predicted octanol–water partition coefficient (Wildman–Crippen LogP) is -0.843. The van der Waals surface area contributed by atoms with Gasteiger partial charge in [-0.25, -0.2) is 0 Å². The minimum Gasteiger partial charge on any atom is -0.380 e. The standard InChI is InChI=1S/C10H21N3O2/c1-8-5-13(3-4-15-6-8)7-10(2,12)9(11)14/h8H,3-7,12H2,1-2H3,(H2,11,14). The van der Waals surface area contributed by atoms with Gasteiger partial charge in [0.05, 0.1) is 13.2 Å². The third-order valence-electron chi connectivity index (χ3n) is 2.64. The number of primary amides is 1. The average Bonchev–Trinajstić information content (AvgIpc) is 2.28. The van der Waals surface area contributed by atoms with Crippen LogP contribution in [0.25, 0.3) is 0 Å². The molecule has 0 aliphatic carbocycles. The van der Waals surface area contributed by atoms with Gasteiger partial charge in [-0.15, -0.1) is 0 Å². The van der Waals surface area contributed by atoms with Crippen LogP contribution < -0.4 is 11.5 Å². The summed E-state index contributed by atoms with van der Waals surface area (Å²) in [6.07, 6.45) is 0. The van der Waals surface area contributed by atoms with Crippen LogP contribution in [0, 0.1) is 5.92 Å². The van der Waals surface area contributed by atoms with Gasteiger partial charge in [-0.3, -0.25) is 9.69 Å². The molecular formula is C10H21N3O2. The molecule has 1 aliphatic heterocycles. The zero-order chi connectivity index (χ0) is 11.5. The van der Waals surface area contributed by atoms with Gasteiger partial charge < -0.3 is 16.2 Å². The highest BCUT2D eigenvalue weighted by Crippen LogP contribution is 2.09. The highest BCUT2D eigenvalue weighted by molar-refractivity contribution is 5.84. The van der Waals surface area contributed by atoms with Crippen LogP contribution in [0.3, 0.4) is 0 Å². The molecule has 0 aromatic heterocycles. The van der Waals surface area contributed by atoms with Crippen molar-refractivity contribution in [3.63, 3.8) is 0 Å². The highest BCUT2D eigenvalue weighted by Gasteiger charge is 2.29. The lowest BCUT2D eigenvalue weighted by atomic mass is 10.0. The fourth-order valence-corrected chi connectivity index (χ4v) is 1.75. The number of rotatable bonds is 3. The van der Waals surface area contributed by atoms with Crippen molar-refractivity contribution in [2.75, 3.05) is 32.8 Å². The van der Waals surface area contributed by atoms with Crippen molar-refractivity contribution in [1.82, 2.24) is 4.90 Å². The molecule has 2 unspecified atom stereocenters. The summed E-state index contributed by atoms with van der Waals surface area (Å²) in [7, 11) is 0. The Hall–Kier alpha value is -0.650. The van der Waals surface area contributed by atoms with Crippen molar-refractivity contribution in [3.05, 3.63) is 0 Å². The molecule has 5 nitrogen and oxygen atoms in total. The van der Waals surface area contributed by atoms with E-state index in [-0.39, 0.29) is 0 Å². The summed E-state index contributed by atoms with van der Waals surface area (Å²) >= 11 is 0. The van der Waals surface area contributed by atoms with Crippen LogP contribution >= 0.6 is 0 Å². The first kappa shape index (κ1) is 12.4. The van der Waals surface area contributed by atoms with Crippen LogP contribution in [0.5, 0.6) is 0 Å². The second kappa shape index (κ2) is 4.92. The first-order valence-electron chi connectivity index (χ1n) is 5.30. The summed E-state index contributed by atoms with van der Waals surface area (Å²) in [6, 6.07) is 0.